The van der Waals surface area contributed by atoms with Crippen LogP contribution in [0.5, 0.6) is 46.0 Å². The van der Waals surface area contributed by atoms with E-state index in [1.54, 1.807) is 13.0 Å². The summed E-state index contributed by atoms with van der Waals surface area (Å²) in [4.78, 5) is 28.0. The minimum atomic E-state index is -1.16. The fourth-order valence-electron chi connectivity index (χ4n) is 6.50. The molecule has 8 N–H and O–H groups in total. The zero-order valence-electron chi connectivity index (χ0n) is 27.6. The average Bonchev–Trinajstić information content (AvgIpc) is 3.03. The van der Waals surface area contributed by atoms with Crippen molar-refractivity contribution in [1.82, 2.24) is 0 Å². The first-order valence-electron chi connectivity index (χ1n) is 15.9. The second kappa shape index (κ2) is 14.1. The monoisotopic (exact) mass is 678 g/mol. The lowest BCUT2D eigenvalue weighted by Crippen LogP contribution is -2.31. The lowest BCUT2D eigenvalue weighted by Gasteiger charge is -2.37. The predicted octanol–water partition coefficient (Wildman–Crippen LogP) is 7.45. The number of ketones is 2. The zero-order valence-corrected chi connectivity index (χ0v) is 27.6. The summed E-state index contributed by atoms with van der Waals surface area (Å²) in [7, 11) is 0. The molecule has 0 heterocycles. The van der Waals surface area contributed by atoms with Gasteiger partial charge in [-0.25, -0.2) is 0 Å². The van der Waals surface area contributed by atoms with Crippen LogP contribution in [-0.4, -0.2) is 52.4 Å². The number of Topliss-reactive ketones (excluding diaryl/α,β-unsaturated/α-hetero) is 1. The molecular formula is C40H38O10. The third-order valence-corrected chi connectivity index (χ3v) is 8.97. The van der Waals surface area contributed by atoms with Gasteiger partial charge in [0.05, 0.1) is 5.56 Å². The molecule has 0 aromatic heterocycles. The number of aromatic hydroxyl groups is 8. The van der Waals surface area contributed by atoms with Crippen LogP contribution in [0.25, 0.3) is 6.08 Å². The van der Waals surface area contributed by atoms with E-state index in [1.165, 1.54) is 54.6 Å². The maximum absolute atomic E-state index is 14.6. The molecule has 5 rings (SSSR count). The fraction of sp³-hybridized carbons (Fsp3) is 0.200. The topological polar surface area (TPSA) is 196 Å². The van der Waals surface area contributed by atoms with Gasteiger partial charge in [0.25, 0.3) is 0 Å². The Kier molecular flexibility index (Phi) is 9.94. The lowest BCUT2D eigenvalue weighted by molar-refractivity contribution is 0.0878. The van der Waals surface area contributed by atoms with Crippen molar-refractivity contribution < 1.29 is 50.4 Å². The van der Waals surface area contributed by atoms with E-state index in [-0.39, 0.29) is 75.2 Å². The van der Waals surface area contributed by atoms with Crippen molar-refractivity contribution in [2.45, 2.75) is 45.4 Å². The van der Waals surface area contributed by atoms with Gasteiger partial charge in [0.1, 0.15) is 46.0 Å². The number of benzene rings is 4. The molecule has 0 saturated carbocycles. The molecule has 0 spiro atoms. The van der Waals surface area contributed by atoms with Crippen LogP contribution in [-0.2, 0) is 6.42 Å². The first-order valence-corrected chi connectivity index (χ1v) is 15.9. The Bertz CT molecular complexity index is 2060. The molecule has 3 atom stereocenters. The summed E-state index contributed by atoms with van der Waals surface area (Å²) in [5.74, 6) is -6.88. The Morgan fingerprint density at radius 2 is 1.40 bits per heavy atom. The van der Waals surface area contributed by atoms with Gasteiger partial charge in [-0.3, -0.25) is 9.59 Å². The summed E-state index contributed by atoms with van der Waals surface area (Å²) in [5, 5.41) is 85.2. The Hall–Kier alpha value is -6.16. The van der Waals surface area contributed by atoms with Crippen LogP contribution in [0.2, 0.25) is 0 Å². The summed E-state index contributed by atoms with van der Waals surface area (Å²) in [5.41, 5.74) is 2.04. The van der Waals surface area contributed by atoms with E-state index in [1.807, 2.05) is 19.9 Å². The molecule has 0 fully saturated rings. The average molecular weight is 679 g/mol. The van der Waals surface area contributed by atoms with E-state index >= 15 is 0 Å². The summed E-state index contributed by atoms with van der Waals surface area (Å²) >= 11 is 0. The minimum Gasteiger partial charge on any atom is -0.508 e. The number of carbonyl (C=O) groups excluding carboxylic acids is 2. The van der Waals surface area contributed by atoms with Gasteiger partial charge in [-0.15, -0.1) is 0 Å². The third kappa shape index (κ3) is 7.14. The highest BCUT2D eigenvalue weighted by molar-refractivity contribution is 6.09. The van der Waals surface area contributed by atoms with Crippen molar-refractivity contribution >= 4 is 17.6 Å². The molecule has 0 aliphatic heterocycles. The Morgan fingerprint density at radius 3 is 2.02 bits per heavy atom. The predicted molar refractivity (Wildman–Crippen MR) is 187 cm³/mol. The summed E-state index contributed by atoms with van der Waals surface area (Å²) < 4.78 is 0. The van der Waals surface area contributed by atoms with Gasteiger partial charge in [0.15, 0.2) is 11.6 Å². The molecule has 258 valence electrons. The SMILES string of the molecule is CC(C)=CCc1c(O)cc(C(=O)[C@H]2[C@@H](c3c(O)ccc(C(=O)C=Cc4ccc(O)cc4O)c3O)C=C(C)C[C@@H]2c2ccc(O)cc2O)cc1O. The minimum absolute atomic E-state index is 0.0602. The maximum Gasteiger partial charge on any atom is 0.189 e. The number of phenolic OH excluding ortho intramolecular Hbond substituents is 8. The molecule has 10 nitrogen and oxygen atoms in total. The summed E-state index contributed by atoms with van der Waals surface area (Å²) in [6.07, 6.45) is 6.37. The largest absolute Gasteiger partial charge is 0.508 e. The highest BCUT2D eigenvalue weighted by Gasteiger charge is 2.43. The van der Waals surface area contributed by atoms with E-state index in [0.717, 1.165) is 29.4 Å². The molecule has 4 aromatic rings. The highest BCUT2D eigenvalue weighted by atomic mass is 16.3. The van der Waals surface area contributed by atoms with Crippen molar-refractivity contribution in [3.8, 4) is 46.0 Å². The molecule has 0 bridgehead atoms. The maximum atomic E-state index is 14.6. The van der Waals surface area contributed by atoms with Gasteiger partial charge in [0, 0.05) is 52.1 Å². The van der Waals surface area contributed by atoms with Gasteiger partial charge in [-0.1, -0.05) is 29.4 Å². The lowest BCUT2D eigenvalue weighted by atomic mass is 9.65. The molecular weight excluding hydrogens is 640 g/mol. The zero-order chi connectivity index (χ0) is 36.4. The molecule has 0 saturated heterocycles. The van der Waals surface area contributed by atoms with E-state index in [4.69, 9.17) is 0 Å². The van der Waals surface area contributed by atoms with Gasteiger partial charge in [-0.05, 0) is 93.8 Å². The van der Waals surface area contributed by atoms with Crippen LogP contribution >= 0.6 is 0 Å². The van der Waals surface area contributed by atoms with Gasteiger partial charge < -0.3 is 40.9 Å². The Labute approximate surface area is 288 Å². The highest BCUT2D eigenvalue weighted by Crippen LogP contribution is 2.53. The molecule has 1 aliphatic carbocycles. The third-order valence-electron chi connectivity index (χ3n) is 8.97. The van der Waals surface area contributed by atoms with Crippen molar-refractivity contribution in [2.75, 3.05) is 0 Å². The van der Waals surface area contributed by atoms with Gasteiger partial charge in [-0.2, -0.15) is 0 Å². The van der Waals surface area contributed by atoms with E-state index in [9.17, 15) is 50.4 Å². The fourth-order valence-corrected chi connectivity index (χ4v) is 6.50. The second-order valence-corrected chi connectivity index (χ2v) is 12.8. The van der Waals surface area contributed by atoms with Gasteiger partial charge in [0.2, 0.25) is 0 Å². The summed E-state index contributed by atoms with van der Waals surface area (Å²) in [6.45, 7) is 5.52. The molecule has 4 aromatic carbocycles. The molecule has 10 heteroatoms. The van der Waals surface area contributed by atoms with E-state index in [2.05, 4.69) is 0 Å². The first-order chi connectivity index (χ1) is 23.7. The van der Waals surface area contributed by atoms with Crippen molar-refractivity contribution in [3.63, 3.8) is 0 Å². The van der Waals surface area contributed by atoms with E-state index < -0.39 is 40.8 Å². The Balaban J connectivity index is 1.65. The number of carbonyl (C=O) groups is 2. The normalized spacial score (nSPS) is 17.3. The van der Waals surface area contributed by atoms with Crippen molar-refractivity contribution in [3.05, 3.63) is 123 Å². The smallest absolute Gasteiger partial charge is 0.189 e. The molecule has 1 aliphatic rings. The van der Waals surface area contributed by atoms with Crippen LogP contribution in [0.1, 0.15) is 82.0 Å². The van der Waals surface area contributed by atoms with Crippen molar-refractivity contribution in [1.29, 1.82) is 0 Å². The van der Waals surface area contributed by atoms with Gasteiger partial charge >= 0.3 is 0 Å². The standard InChI is InChI=1S/C40H38O10/c1-20(2)4-9-27-34(46)16-23(17-35(27)47)39(49)37-29(26-10-8-25(42)19-36(26)48)14-21(3)15-30(37)38-32(44)13-11-28(40(38)50)31(43)12-6-22-5-7-24(41)18-33(22)45/h4-8,10-13,15-19,29-30,37,41-42,44-48,50H,9,14H2,1-3H3/t29-,30+,37-/m1/s1. The van der Waals surface area contributed by atoms with Crippen LogP contribution in [0.4, 0.5) is 0 Å². The summed E-state index contributed by atoms with van der Waals surface area (Å²) in [6, 6.07) is 12.7. The molecule has 0 amide bonds. The number of hydrogen-bond donors (Lipinski definition) is 8. The van der Waals surface area contributed by atoms with Crippen LogP contribution in [0, 0.1) is 5.92 Å². The quantitative estimate of drug-likeness (QED) is 0.0500. The number of phenols is 8. The van der Waals surface area contributed by atoms with Crippen LogP contribution in [0.3, 0.4) is 0 Å². The number of hydrogen-bond acceptors (Lipinski definition) is 10. The Morgan fingerprint density at radius 1 is 0.760 bits per heavy atom. The van der Waals surface area contributed by atoms with Crippen LogP contribution < -0.4 is 0 Å². The second-order valence-electron chi connectivity index (χ2n) is 12.8. The first kappa shape index (κ1) is 35.2. The van der Waals surface area contributed by atoms with Crippen molar-refractivity contribution in [2.24, 2.45) is 5.92 Å². The number of rotatable bonds is 9. The number of allylic oxidation sites excluding steroid dienone is 5. The van der Waals surface area contributed by atoms with Crippen LogP contribution in [0.15, 0.2) is 90.0 Å². The van der Waals surface area contributed by atoms with E-state index in [0.29, 0.717) is 5.56 Å². The molecule has 0 unspecified atom stereocenters. The molecule has 0 radical (unpaired) electrons. The molecule has 50 heavy (non-hydrogen) atoms.